The molecule has 9 aromatic rings. The van der Waals surface area contributed by atoms with E-state index < -0.39 is 0 Å². The Hall–Kier alpha value is -6.79. The molecule has 0 atom stereocenters. The summed E-state index contributed by atoms with van der Waals surface area (Å²) in [4.78, 5) is 4.97. The number of hydrogen-bond acceptors (Lipinski definition) is 3. The van der Waals surface area contributed by atoms with E-state index in [-0.39, 0.29) is 27.1 Å². The third-order valence-electron chi connectivity index (χ3n) is 13.4. The van der Waals surface area contributed by atoms with E-state index in [0.29, 0.717) is 5.75 Å². The summed E-state index contributed by atoms with van der Waals surface area (Å²) in [5.74, 6) is 3.11. The fourth-order valence-electron chi connectivity index (χ4n) is 8.96. The van der Waals surface area contributed by atoms with Gasteiger partial charge in [0.05, 0.1) is 22.4 Å². The van der Waals surface area contributed by atoms with Crippen LogP contribution in [0.4, 0.5) is 0 Å². The van der Waals surface area contributed by atoms with Crippen LogP contribution in [0.15, 0.2) is 146 Å². The lowest BCUT2D eigenvalue weighted by Gasteiger charge is -2.26. The van der Waals surface area contributed by atoms with Gasteiger partial charge in [-0.25, -0.2) is 4.98 Å². The minimum Gasteiger partial charge on any atom is -0.458 e. The van der Waals surface area contributed by atoms with Gasteiger partial charge < -0.3 is 4.74 Å². The topological polar surface area (TPSA) is 48.8 Å². The molecule has 0 fully saturated rings. The van der Waals surface area contributed by atoms with Gasteiger partial charge in [0.1, 0.15) is 17.3 Å². The monoisotopic (exact) mass is 912 g/mol. The van der Waals surface area contributed by atoms with Crippen LogP contribution < -0.4 is 9.42 Å². The molecule has 0 aliphatic heterocycles. The Labute approximate surface area is 410 Å². The van der Waals surface area contributed by atoms with Crippen LogP contribution in [-0.2, 0) is 27.1 Å². The van der Waals surface area contributed by atoms with Gasteiger partial charge in [-0.15, -0.1) is 5.10 Å². The summed E-state index contributed by atoms with van der Waals surface area (Å²) in [5.41, 5.74) is 13.3. The SMILES string of the molecule is CC(C)(C)c1cc(-c2n[n+](-c3cc(C(C)(C)C)cc(C(C)(C)C)c3)[c-]n2-c2cccc(Oc3ccc4c5cc(-c6ccccc6)ccc5n(-c5cc(C(C)(C)C)ccn5)c4c3)c2)cc(C(C)(C)C)c1. The Morgan fingerprint density at radius 3 is 1.65 bits per heavy atom. The summed E-state index contributed by atoms with van der Waals surface area (Å²) in [7, 11) is 0. The van der Waals surface area contributed by atoms with Gasteiger partial charge in [-0.1, -0.05) is 189 Å². The highest BCUT2D eigenvalue weighted by molar-refractivity contribution is 6.10. The molecule has 0 bridgehead atoms. The van der Waals surface area contributed by atoms with Gasteiger partial charge in [0.25, 0.3) is 6.33 Å². The normalized spacial score (nSPS) is 12.9. The number of fused-ring (bicyclic) bond motifs is 3. The fraction of sp³-hybridized carbons (Fsp3) is 0.317. The molecule has 9 rings (SSSR count). The summed E-state index contributed by atoms with van der Waals surface area (Å²) >= 11 is 0. The van der Waals surface area contributed by atoms with Crippen molar-refractivity contribution in [2.75, 3.05) is 0 Å². The second-order valence-corrected chi connectivity index (χ2v) is 24.1. The zero-order valence-electron chi connectivity index (χ0n) is 43.5. The lowest BCUT2D eigenvalue weighted by molar-refractivity contribution is -0.660. The second kappa shape index (κ2) is 17.0. The highest BCUT2D eigenvalue weighted by Crippen LogP contribution is 2.40. The molecular formula is C63H69N5O. The average Bonchev–Trinajstić information content (AvgIpc) is 3.88. The number of hydrogen-bond donors (Lipinski definition) is 0. The third kappa shape index (κ3) is 9.64. The Morgan fingerprint density at radius 2 is 1.04 bits per heavy atom. The van der Waals surface area contributed by atoms with Crippen molar-refractivity contribution in [2.24, 2.45) is 0 Å². The largest absolute Gasteiger partial charge is 0.458 e. The molecule has 0 amide bonds. The summed E-state index contributed by atoms with van der Waals surface area (Å²) in [6.07, 6.45) is 5.66. The van der Waals surface area contributed by atoms with Crippen LogP contribution in [0.2, 0.25) is 0 Å². The quantitative estimate of drug-likeness (QED) is 0.118. The van der Waals surface area contributed by atoms with Crippen LogP contribution in [-0.4, -0.2) is 19.2 Å². The summed E-state index contributed by atoms with van der Waals surface area (Å²) in [6.45, 7) is 34.0. The summed E-state index contributed by atoms with van der Waals surface area (Å²) in [5, 5.41) is 7.74. The van der Waals surface area contributed by atoms with Gasteiger partial charge >= 0.3 is 0 Å². The highest BCUT2D eigenvalue weighted by Gasteiger charge is 2.26. The van der Waals surface area contributed by atoms with E-state index in [2.05, 4.69) is 253 Å². The van der Waals surface area contributed by atoms with Gasteiger partial charge in [-0.3, -0.25) is 9.13 Å². The summed E-state index contributed by atoms with van der Waals surface area (Å²) < 4.78 is 13.2. The predicted octanol–water partition coefficient (Wildman–Crippen LogP) is 16.1. The van der Waals surface area contributed by atoms with Gasteiger partial charge in [0.15, 0.2) is 5.82 Å². The van der Waals surface area contributed by atoms with Crippen LogP contribution in [0, 0.1) is 6.33 Å². The van der Waals surface area contributed by atoms with Crippen LogP contribution in [0.25, 0.3) is 61.5 Å². The Balaban J connectivity index is 1.20. The molecule has 0 aliphatic rings. The molecule has 69 heavy (non-hydrogen) atoms. The van der Waals surface area contributed by atoms with Crippen LogP contribution in [0.3, 0.4) is 0 Å². The van der Waals surface area contributed by atoms with Crippen molar-refractivity contribution in [3.05, 3.63) is 180 Å². The van der Waals surface area contributed by atoms with E-state index in [1.54, 1.807) is 0 Å². The van der Waals surface area contributed by atoms with Gasteiger partial charge in [0, 0.05) is 28.6 Å². The van der Waals surface area contributed by atoms with Crippen molar-refractivity contribution in [1.29, 1.82) is 0 Å². The fourth-order valence-corrected chi connectivity index (χ4v) is 8.96. The molecule has 0 radical (unpaired) electrons. The first kappa shape index (κ1) is 47.3. The van der Waals surface area contributed by atoms with Crippen molar-refractivity contribution >= 4 is 21.8 Å². The molecule has 6 nitrogen and oxygen atoms in total. The zero-order chi connectivity index (χ0) is 49.4. The average molecular weight is 912 g/mol. The number of pyridine rings is 1. The minimum atomic E-state index is -0.0774. The maximum Gasteiger partial charge on any atom is 0.273 e. The molecule has 0 saturated carbocycles. The van der Waals surface area contributed by atoms with Gasteiger partial charge in [0.2, 0.25) is 0 Å². The molecule has 0 N–H and O–H groups in total. The molecule has 352 valence electrons. The van der Waals surface area contributed by atoms with E-state index in [4.69, 9.17) is 14.8 Å². The third-order valence-corrected chi connectivity index (χ3v) is 13.4. The molecule has 0 unspecified atom stereocenters. The lowest BCUT2D eigenvalue weighted by atomic mass is 9.79. The number of ether oxygens (including phenoxy) is 1. The summed E-state index contributed by atoms with van der Waals surface area (Å²) in [6, 6.07) is 50.2. The molecule has 0 saturated heterocycles. The lowest BCUT2D eigenvalue weighted by Crippen LogP contribution is -2.34. The second-order valence-electron chi connectivity index (χ2n) is 24.1. The standard InChI is InChI=1S/C63H69N5O/c1-59(2,3)44-28-29-64-57(37-44)68-55-27-24-42(41-20-17-16-18-21-41)32-54(55)53-26-25-52(39-56(53)68)69-51-23-19-22-49(38-51)66-40-67(50-35-47(62(10,11)12)34-48(36-50)63(13,14)15)65-58(66)43-30-45(60(4,5)6)33-46(31-43)61(7,8)9/h16-39H,1-15H3. The van der Waals surface area contributed by atoms with Crippen molar-refractivity contribution in [1.82, 2.24) is 19.2 Å². The minimum absolute atomic E-state index is 0.0435. The van der Waals surface area contributed by atoms with Crippen molar-refractivity contribution in [2.45, 2.75) is 131 Å². The van der Waals surface area contributed by atoms with Crippen LogP contribution in [0.1, 0.15) is 132 Å². The van der Waals surface area contributed by atoms with Crippen molar-refractivity contribution in [3.8, 4) is 51.2 Å². The maximum absolute atomic E-state index is 6.89. The van der Waals surface area contributed by atoms with Crippen molar-refractivity contribution < 1.29 is 9.42 Å². The number of rotatable bonds is 7. The number of benzene rings is 6. The van der Waals surface area contributed by atoms with Gasteiger partial charge in [-0.05, 0) is 115 Å². The molecular weight excluding hydrogens is 843 g/mol. The molecule has 0 spiro atoms. The van der Waals surface area contributed by atoms with E-state index in [9.17, 15) is 0 Å². The first-order valence-corrected chi connectivity index (χ1v) is 24.5. The Morgan fingerprint density at radius 1 is 0.449 bits per heavy atom. The molecule has 6 heteroatoms. The smallest absolute Gasteiger partial charge is 0.273 e. The Bertz CT molecular complexity index is 3300. The zero-order valence-corrected chi connectivity index (χ0v) is 43.5. The number of nitrogens with zero attached hydrogens (tertiary/aromatic N) is 5. The van der Waals surface area contributed by atoms with E-state index in [1.807, 2.05) is 16.9 Å². The van der Waals surface area contributed by atoms with Crippen LogP contribution >= 0.6 is 0 Å². The highest BCUT2D eigenvalue weighted by atomic mass is 16.5. The first-order valence-electron chi connectivity index (χ1n) is 24.5. The van der Waals surface area contributed by atoms with E-state index >= 15 is 0 Å². The van der Waals surface area contributed by atoms with E-state index in [1.165, 1.54) is 38.9 Å². The van der Waals surface area contributed by atoms with Gasteiger partial charge in [-0.2, -0.15) is 4.68 Å². The van der Waals surface area contributed by atoms with E-state index in [0.717, 1.165) is 56.1 Å². The molecule has 6 aromatic carbocycles. The van der Waals surface area contributed by atoms with Crippen molar-refractivity contribution in [3.63, 3.8) is 0 Å². The van der Waals surface area contributed by atoms with Crippen LogP contribution in [0.5, 0.6) is 11.5 Å². The molecule has 3 heterocycles. The predicted molar refractivity (Wildman–Crippen MR) is 287 cm³/mol. The Kier molecular flexibility index (Phi) is 11.7. The first-order chi connectivity index (χ1) is 32.3. The molecule has 3 aromatic heterocycles. The number of aromatic nitrogens is 5. The molecule has 0 aliphatic carbocycles. The maximum atomic E-state index is 6.89.